The molecule has 8 heteroatoms. The summed E-state index contributed by atoms with van der Waals surface area (Å²) in [5, 5.41) is 7.35. The number of nitrogens with one attached hydrogen (secondary N) is 1. The number of fused-ring (bicyclic) bond motifs is 2. The molecular weight excluding hydrogens is 346 g/mol. The maximum atomic E-state index is 5.62. The molecule has 0 fully saturated rings. The lowest BCUT2D eigenvalue weighted by molar-refractivity contribution is 0.174. The highest BCUT2D eigenvalue weighted by Crippen LogP contribution is 2.38. The highest BCUT2D eigenvalue weighted by atomic mass is 16.7. The molecule has 5 rings (SSSR count). The molecular formula is C19H19N5O3. The van der Waals surface area contributed by atoms with E-state index in [1.165, 1.54) is 0 Å². The van der Waals surface area contributed by atoms with E-state index in [9.17, 15) is 0 Å². The first-order valence-electron chi connectivity index (χ1n) is 8.87. The third kappa shape index (κ3) is 2.73. The van der Waals surface area contributed by atoms with Gasteiger partial charge in [-0.1, -0.05) is 5.16 Å². The smallest absolute Gasteiger partial charge is 0.231 e. The molecule has 27 heavy (non-hydrogen) atoms. The molecule has 1 aromatic carbocycles. The van der Waals surface area contributed by atoms with Crippen molar-refractivity contribution in [1.82, 2.24) is 15.1 Å². The summed E-state index contributed by atoms with van der Waals surface area (Å²) in [6.07, 6.45) is 0.783. The van der Waals surface area contributed by atoms with Crippen LogP contribution < -0.4 is 19.7 Å². The van der Waals surface area contributed by atoms with Crippen molar-refractivity contribution in [3.8, 4) is 22.8 Å². The fraction of sp³-hybridized carbons (Fsp3) is 0.316. The van der Waals surface area contributed by atoms with Crippen LogP contribution in [0.3, 0.4) is 0 Å². The van der Waals surface area contributed by atoms with Gasteiger partial charge in [-0.25, -0.2) is 4.98 Å². The van der Waals surface area contributed by atoms with Crippen LogP contribution in [-0.2, 0) is 13.0 Å². The van der Waals surface area contributed by atoms with Gasteiger partial charge in [0, 0.05) is 42.9 Å². The van der Waals surface area contributed by atoms with Gasteiger partial charge in [0.2, 0.25) is 12.7 Å². The van der Waals surface area contributed by atoms with Gasteiger partial charge in [-0.15, -0.1) is 0 Å². The Hall–Kier alpha value is -3.29. The molecule has 0 spiro atoms. The van der Waals surface area contributed by atoms with Crippen LogP contribution in [0.1, 0.15) is 17.0 Å². The summed E-state index contributed by atoms with van der Waals surface area (Å²) >= 11 is 0. The van der Waals surface area contributed by atoms with E-state index in [0.717, 1.165) is 58.6 Å². The van der Waals surface area contributed by atoms with Crippen molar-refractivity contribution in [3.63, 3.8) is 0 Å². The predicted octanol–water partition coefficient (Wildman–Crippen LogP) is 2.77. The molecule has 2 aromatic heterocycles. The van der Waals surface area contributed by atoms with E-state index in [2.05, 4.69) is 25.3 Å². The molecule has 0 saturated carbocycles. The number of anilines is 2. The molecule has 0 amide bonds. The maximum Gasteiger partial charge on any atom is 0.231 e. The molecule has 0 unspecified atom stereocenters. The summed E-state index contributed by atoms with van der Waals surface area (Å²) in [6, 6.07) is 7.85. The zero-order chi connectivity index (χ0) is 18.4. The Kier molecular flexibility index (Phi) is 3.63. The third-order valence-electron chi connectivity index (χ3n) is 4.86. The van der Waals surface area contributed by atoms with Gasteiger partial charge < -0.3 is 24.2 Å². The highest BCUT2D eigenvalue weighted by Gasteiger charge is 2.27. The molecule has 4 heterocycles. The molecule has 0 bridgehead atoms. The zero-order valence-corrected chi connectivity index (χ0v) is 15.2. The van der Waals surface area contributed by atoms with E-state index in [1.54, 1.807) is 0 Å². The second-order valence-corrected chi connectivity index (χ2v) is 6.61. The Morgan fingerprint density at radius 3 is 2.89 bits per heavy atom. The van der Waals surface area contributed by atoms with Gasteiger partial charge >= 0.3 is 0 Å². The summed E-state index contributed by atoms with van der Waals surface area (Å²) in [4.78, 5) is 11.2. The van der Waals surface area contributed by atoms with Gasteiger partial charge in [0.15, 0.2) is 11.5 Å². The number of hydrogen-bond acceptors (Lipinski definition) is 8. The van der Waals surface area contributed by atoms with Crippen LogP contribution in [0.2, 0.25) is 0 Å². The van der Waals surface area contributed by atoms with Crippen molar-refractivity contribution >= 4 is 11.8 Å². The number of rotatable bonds is 3. The Balaban J connectivity index is 1.49. The number of nitrogens with zero attached hydrogens (tertiary/aromatic N) is 4. The van der Waals surface area contributed by atoms with Crippen molar-refractivity contribution in [3.05, 3.63) is 41.3 Å². The normalized spacial score (nSPS) is 15.0. The second kappa shape index (κ2) is 6.15. The number of aromatic nitrogens is 3. The van der Waals surface area contributed by atoms with E-state index in [1.807, 2.05) is 38.2 Å². The number of benzene rings is 1. The van der Waals surface area contributed by atoms with Crippen molar-refractivity contribution in [1.29, 1.82) is 0 Å². The molecule has 2 aliphatic rings. The SMILES string of the molecule is CNc1nc(C)cc(N2CCc3onc(-c4ccc5c(c4)OCO5)c3C2)n1. The van der Waals surface area contributed by atoms with Gasteiger partial charge in [-0.2, -0.15) is 4.98 Å². The first-order valence-corrected chi connectivity index (χ1v) is 8.87. The topological polar surface area (TPSA) is 85.5 Å². The molecule has 3 aromatic rings. The van der Waals surface area contributed by atoms with E-state index < -0.39 is 0 Å². The third-order valence-corrected chi connectivity index (χ3v) is 4.86. The van der Waals surface area contributed by atoms with Gasteiger partial charge in [0.25, 0.3) is 0 Å². The Bertz CT molecular complexity index is 1020. The minimum Gasteiger partial charge on any atom is -0.454 e. The molecule has 2 aliphatic heterocycles. The summed E-state index contributed by atoms with van der Waals surface area (Å²) in [6.45, 7) is 3.73. The van der Waals surface area contributed by atoms with Crippen molar-refractivity contribution in [2.24, 2.45) is 0 Å². The second-order valence-electron chi connectivity index (χ2n) is 6.61. The fourth-order valence-corrected chi connectivity index (χ4v) is 3.50. The molecule has 0 aliphatic carbocycles. The first kappa shape index (κ1) is 15.9. The lowest BCUT2D eigenvalue weighted by Crippen LogP contribution is -2.31. The Morgan fingerprint density at radius 1 is 1.11 bits per heavy atom. The molecule has 0 radical (unpaired) electrons. The van der Waals surface area contributed by atoms with E-state index in [4.69, 9.17) is 14.0 Å². The Morgan fingerprint density at radius 2 is 2.00 bits per heavy atom. The first-order chi connectivity index (χ1) is 13.2. The summed E-state index contributed by atoms with van der Waals surface area (Å²) in [5.41, 5.74) is 3.81. The highest BCUT2D eigenvalue weighted by molar-refractivity contribution is 5.68. The molecule has 138 valence electrons. The summed E-state index contributed by atoms with van der Waals surface area (Å²) < 4.78 is 16.5. The number of aryl methyl sites for hydroxylation is 1. The van der Waals surface area contributed by atoms with Crippen molar-refractivity contribution in [2.45, 2.75) is 19.9 Å². The largest absolute Gasteiger partial charge is 0.454 e. The van der Waals surface area contributed by atoms with Gasteiger partial charge in [-0.3, -0.25) is 0 Å². The van der Waals surface area contributed by atoms with Crippen LogP contribution in [-0.4, -0.2) is 35.5 Å². The van der Waals surface area contributed by atoms with Crippen LogP contribution in [0.5, 0.6) is 11.5 Å². The molecule has 8 nitrogen and oxygen atoms in total. The maximum absolute atomic E-state index is 5.62. The van der Waals surface area contributed by atoms with Crippen LogP contribution in [0.25, 0.3) is 11.3 Å². The van der Waals surface area contributed by atoms with E-state index in [-0.39, 0.29) is 6.79 Å². The predicted molar refractivity (Wildman–Crippen MR) is 99.1 cm³/mol. The van der Waals surface area contributed by atoms with Crippen molar-refractivity contribution in [2.75, 3.05) is 30.6 Å². The molecule has 1 N–H and O–H groups in total. The molecule has 0 atom stereocenters. The monoisotopic (exact) mass is 365 g/mol. The summed E-state index contributed by atoms with van der Waals surface area (Å²) in [7, 11) is 1.82. The zero-order valence-electron chi connectivity index (χ0n) is 15.2. The standard InChI is InChI=1S/C19H19N5O3/c1-11-7-17(22-19(20-2)21-11)24-6-5-14-13(9-24)18(23-27-14)12-3-4-15-16(8-12)26-10-25-15/h3-4,7-8H,5-6,9-10H2,1-2H3,(H,20,21,22). The minimum absolute atomic E-state index is 0.254. The van der Waals surface area contributed by atoms with Crippen LogP contribution >= 0.6 is 0 Å². The lowest BCUT2D eigenvalue weighted by Gasteiger charge is -2.27. The van der Waals surface area contributed by atoms with Gasteiger partial charge in [-0.05, 0) is 25.1 Å². The quantitative estimate of drug-likeness (QED) is 0.758. The van der Waals surface area contributed by atoms with Crippen LogP contribution in [0, 0.1) is 6.92 Å². The summed E-state index contributed by atoms with van der Waals surface area (Å²) in [5.74, 6) is 3.95. The fourth-order valence-electron chi connectivity index (χ4n) is 3.50. The average molecular weight is 365 g/mol. The minimum atomic E-state index is 0.254. The van der Waals surface area contributed by atoms with Crippen LogP contribution in [0.15, 0.2) is 28.8 Å². The average Bonchev–Trinajstić information content (AvgIpc) is 3.32. The van der Waals surface area contributed by atoms with Gasteiger partial charge in [0.05, 0.1) is 6.54 Å². The number of ether oxygens (including phenoxy) is 2. The van der Waals surface area contributed by atoms with Gasteiger partial charge in [0.1, 0.15) is 17.3 Å². The van der Waals surface area contributed by atoms with Crippen LogP contribution in [0.4, 0.5) is 11.8 Å². The number of hydrogen-bond donors (Lipinski definition) is 1. The lowest BCUT2D eigenvalue weighted by atomic mass is 10.0. The molecule has 0 saturated heterocycles. The Labute approximate surface area is 156 Å². The van der Waals surface area contributed by atoms with Crippen molar-refractivity contribution < 1.29 is 14.0 Å². The van der Waals surface area contributed by atoms with E-state index in [0.29, 0.717) is 12.5 Å². The van der Waals surface area contributed by atoms with E-state index >= 15 is 0 Å².